The molecule has 0 aliphatic heterocycles. The molecule has 4 nitrogen and oxygen atoms in total. The number of nitrogens with two attached hydrogens (primary N) is 1. The molecule has 2 unspecified atom stereocenters. The largest absolute Gasteiger partial charge is 0.330 e. The minimum Gasteiger partial charge on any atom is -0.330 e. The lowest BCUT2D eigenvalue weighted by Gasteiger charge is -2.31. The van der Waals surface area contributed by atoms with Crippen LogP contribution in [0.2, 0.25) is 0 Å². The molecule has 1 saturated carbocycles. The van der Waals surface area contributed by atoms with Crippen molar-refractivity contribution in [2.45, 2.75) is 51.5 Å². The van der Waals surface area contributed by atoms with Gasteiger partial charge in [0.2, 0.25) is 0 Å². The summed E-state index contributed by atoms with van der Waals surface area (Å²) in [5, 5.41) is 0. The first-order valence-corrected chi connectivity index (χ1v) is 7.75. The van der Waals surface area contributed by atoms with Crippen LogP contribution in [0.4, 0.5) is 0 Å². The van der Waals surface area contributed by atoms with Crippen molar-refractivity contribution in [3.8, 4) is 0 Å². The predicted octanol–water partition coefficient (Wildman–Crippen LogP) is 3.24. The fourth-order valence-corrected chi connectivity index (χ4v) is 3.55. The highest BCUT2D eigenvalue weighted by molar-refractivity contribution is 5.71. The van der Waals surface area contributed by atoms with Gasteiger partial charge in [-0.15, -0.1) is 0 Å². The van der Waals surface area contributed by atoms with Gasteiger partial charge in [0, 0.05) is 18.2 Å². The molecule has 1 aliphatic rings. The van der Waals surface area contributed by atoms with E-state index in [0.29, 0.717) is 17.9 Å². The first-order valence-electron chi connectivity index (χ1n) is 7.75. The van der Waals surface area contributed by atoms with Gasteiger partial charge in [0.15, 0.2) is 5.65 Å². The third-order valence-electron chi connectivity index (χ3n) is 4.54. The summed E-state index contributed by atoms with van der Waals surface area (Å²) in [5.41, 5.74) is 8.02. The summed E-state index contributed by atoms with van der Waals surface area (Å²) in [6.07, 6.45) is 6.89. The molecule has 0 radical (unpaired) electrons. The van der Waals surface area contributed by atoms with Crippen LogP contribution in [0.1, 0.15) is 57.3 Å². The van der Waals surface area contributed by atoms with Crippen molar-refractivity contribution >= 4 is 11.2 Å². The molecule has 20 heavy (non-hydrogen) atoms. The number of pyridine rings is 1. The molecule has 108 valence electrons. The average Bonchev–Trinajstić information content (AvgIpc) is 2.86. The second kappa shape index (κ2) is 5.52. The molecule has 0 saturated heterocycles. The Hall–Kier alpha value is -1.42. The Balaban J connectivity index is 2.12. The van der Waals surface area contributed by atoms with Crippen molar-refractivity contribution in [3.63, 3.8) is 0 Å². The van der Waals surface area contributed by atoms with Gasteiger partial charge in [-0.2, -0.15) is 0 Å². The Morgan fingerprint density at radius 1 is 1.35 bits per heavy atom. The molecule has 1 fully saturated rings. The van der Waals surface area contributed by atoms with Gasteiger partial charge in [-0.1, -0.05) is 12.8 Å². The molecule has 0 spiro atoms. The number of nitrogens with zero attached hydrogens (tertiary/aromatic N) is 3. The Morgan fingerprint density at radius 3 is 2.90 bits per heavy atom. The van der Waals surface area contributed by atoms with Gasteiger partial charge in [0.1, 0.15) is 11.3 Å². The topological polar surface area (TPSA) is 56.7 Å². The molecule has 4 heteroatoms. The van der Waals surface area contributed by atoms with E-state index in [2.05, 4.69) is 29.5 Å². The van der Waals surface area contributed by atoms with Gasteiger partial charge in [-0.3, -0.25) is 0 Å². The molecule has 0 aromatic carbocycles. The van der Waals surface area contributed by atoms with E-state index in [1.165, 1.54) is 31.5 Å². The zero-order valence-electron chi connectivity index (χ0n) is 12.4. The maximum absolute atomic E-state index is 6.00. The van der Waals surface area contributed by atoms with E-state index >= 15 is 0 Å². The van der Waals surface area contributed by atoms with Gasteiger partial charge < -0.3 is 10.3 Å². The van der Waals surface area contributed by atoms with Crippen molar-refractivity contribution in [2.24, 2.45) is 11.7 Å². The summed E-state index contributed by atoms with van der Waals surface area (Å²) < 4.78 is 2.31. The zero-order chi connectivity index (χ0) is 14.1. The molecule has 2 aromatic heterocycles. The molecule has 2 N–H and O–H groups in total. The summed E-state index contributed by atoms with van der Waals surface area (Å²) in [6.45, 7) is 5.18. The molecule has 2 heterocycles. The minimum atomic E-state index is 0.380. The summed E-state index contributed by atoms with van der Waals surface area (Å²) in [4.78, 5) is 9.44. The summed E-state index contributed by atoms with van der Waals surface area (Å²) in [7, 11) is 0. The lowest BCUT2D eigenvalue weighted by molar-refractivity contribution is 0.295. The van der Waals surface area contributed by atoms with E-state index in [9.17, 15) is 0 Å². The molecular weight excluding hydrogens is 248 g/mol. The summed E-state index contributed by atoms with van der Waals surface area (Å²) in [5.74, 6) is 2.26. The smallest absolute Gasteiger partial charge is 0.160 e. The highest BCUT2D eigenvalue weighted by Crippen LogP contribution is 2.38. The molecule has 2 aromatic rings. The second-order valence-corrected chi connectivity index (χ2v) is 6.17. The number of imidazole rings is 1. The van der Waals surface area contributed by atoms with E-state index < -0.39 is 0 Å². The molecule has 0 amide bonds. The SMILES string of the molecule is CC(C)n1c(C2CCCCC2CN)nc2cccnc21. The first-order chi connectivity index (χ1) is 9.72. The molecule has 1 aliphatic carbocycles. The van der Waals surface area contributed by atoms with E-state index in [1.54, 1.807) is 0 Å². The lowest BCUT2D eigenvalue weighted by atomic mass is 9.78. The zero-order valence-corrected chi connectivity index (χ0v) is 12.4. The van der Waals surface area contributed by atoms with Gasteiger partial charge in [-0.25, -0.2) is 9.97 Å². The monoisotopic (exact) mass is 272 g/mol. The van der Waals surface area contributed by atoms with Crippen molar-refractivity contribution in [1.29, 1.82) is 0 Å². The number of aromatic nitrogens is 3. The third kappa shape index (κ3) is 2.22. The summed E-state index contributed by atoms with van der Waals surface area (Å²) >= 11 is 0. The highest BCUT2D eigenvalue weighted by atomic mass is 15.1. The fraction of sp³-hybridized carbons (Fsp3) is 0.625. The quantitative estimate of drug-likeness (QED) is 0.933. The standard InChI is InChI=1S/C16H24N4/c1-11(2)20-15(13-7-4-3-6-12(13)10-17)19-14-8-5-9-18-16(14)20/h5,8-9,11-13H,3-4,6-7,10,17H2,1-2H3. The van der Waals surface area contributed by atoms with Crippen LogP contribution in [-0.4, -0.2) is 21.1 Å². The molecule has 0 bridgehead atoms. The van der Waals surface area contributed by atoms with Crippen LogP contribution in [0.3, 0.4) is 0 Å². The van der Waals surface area contributed by atoms with E-state index in [1.807, 2.05) is 12.3 Å². The van der Waals surface area contributed by atoms with Crippen LogP contribution in [-0.2, 0) is 0 Å². The van der Waals surface area contributed by atoms with Gasteiger partial charge in [-0.05, 0) is 51.3 Å². The van der Waals surface area contributed by atoms with Gasteiger partial charge in [0.05, 0.1) is 0 Å². The van der Waals surface area contributed by atoms with Crippen LogP contribution in [0, 0.1) is 5.92 Å². The molecule has 2 atom stereocenters. The van der Waals surface area contributed by atoms with Crippen LogP contribution in [0.25, 0.3) is 11.2 Å². The third-order valence-corrected chi connectivity index (χ3v) is 4.54. The van der Waals surface area contributed by atoms with Crippen molar-refractivity contribution in [3.05, 3.63) is 24.2 Å². The van der Waals surface area contributed by atoms with Crippen molar-refractivity contribution in [1.82, 2.24) is 14.5 Å². The molecule has 3 rings (SSSR count). The number of fused-ring (bicyclic) bond motifs is 1. The summed E-state index contributed by atoms with van der Waals surface area (Å²) in [6, 6.07) is 4.40. The number of rotatable bonds is 3. The first kappa shape index (κ1) is 13.6. The highest BCUT2D eigenvalue weighted by Gasteiger charge is 2.30. The van der Waals surface area contributed by atoms with Crippen LogP contribution < -0.4 is 5.73 Å². The van der Waals surface area contributed by atoms with Gasteiger partial charge >= 0.3 is 0 Å². The van der Waals surface area contributed by atoms with E-state index in [-0.39, 0.29) is 0 Å². The number of hydrogen-bond donors (Lipinski definition) is 1. The lowest BCUT2D eigenvalue weighted by Crippen LogP contribution is -2.27. The van der Waals surface area contributed by atoms with Gasteiger partial charge in [0.25, 0.3) is 0 Å². The van der Waals surface area contributed by atoms with Crippen molar-refractivity contribution in [2.75, 3.05) is 6.54 Å². The minimum absolute atomic E-state index is 0.380. The van der Waals surface area contributed by atoms with Crippen molar-refractivity contribution < 1.29 is 0 Å². The Labute approximate surface area is 120 Å². The maximum Gasteiger partial charge on any atom is 0.160 e. The Bertz CT molecular complexity index is 587. The second-order valence-electron chi connectivity index (χ2n) is 6.17. The van der Waals surface area contributed by atoms with Crippen LogP contribution in [0.15, 0.2) is 18.3 Å². The molecular formula is C16H24N4. The Kier molecular flexibility index (Phi) is 3.74. The van der Waals surface area contributed by atoms with Crippen LogP contribution >= 0.6 is 0 Å². The van der Waals surface area contributed by atoms with Crippen LogP contribution in [0.5, 0.6) is 0 Å². The van der Waals surface area contributed by atoms with E-state index in [4.69, 9.17) is 10.7 Å². The normalized spacial score (nSPS) is 23.6. The Morgan fingerprint density at radius 2 is 2.15 bits per heavy atom. The average molecular weight is 272 g/mol. The predicted molar refractivity (Wildman–Crippen MR) is 81.7 cm³/mol. The maximum atomic E-state index is 6.00. The fourth-order valence-electron chi connectivity index (χ4n) is 3.55. The number of hydrogen-bond acceptors (Lipinski definition) is 3. The van der Waals surface area contributed by atoms with E-state index in [0.717, 1.165) is 17.7 Å².